The zero-order valence-electron chi connectivity index (χ0n) is 15.7. The first-order chi connectivity index (χ1) is 11.3. The Kier molecular flexibility index (Phi) is 6.45. The van der Waals surface area contributed by atoms with Crippen molar-refractivity contribution in [2.45, 2.75) is 70.9 Å². The molecule has 0 amide bonds. The standard InChI is InChI=1S/C17H32N4O2S/c1-6-20(7-2)24(22,23)17-14(3)18-21(15(17)4)13-11-16-10-8-9-12-19(16)5/h16H,6-13H2,1-5H3/t16-/m0/s1. The normalized spacial score (nSPS) is 20.0. The van der Waals surface area contributed by atoms with E-state index in [9.17, 15) is 8.42 Å². The average Bonchev–Trinajstić information content (AvgIpc) is 2.82. The number of nitrogens with zero attached hydrogens (tertiary/aromatic N) is 4. The van der Waals surface area contributed by atoms with Crippen molar-refractivity contribution in [1.29, 1.82) is 0 Å². The molecule has 7 heteroatoms. The van der Waals surface area contributed by atoms with Crippen LogP contribution in [-0.2, 0) is 16.6 Å². The van der Waals surface area contributed by atoms with Gasteiger partial charge in [-0.1, -0.05) is 20.3 Å². The maximum absolute atomic E-state index is 12.9. The third-order valence-electron chi connectivity index (χ3n) is 5.21. The smallest absolute Gasteiger partial charge is 0.246 e. The van der Waals surface area contributed by atoms with Gasteiger partial charge in [0.05, 0.1) is 11.4 Å². The number of rotatable bonds is 7. The topological polar surface area (TPSA) is 58.4 Å². The SMILES string of the molecule is CCN(CC)S(=O)(=O)c1c(C)nn(CC[C@@H]2CCCCN2C)c1C. The number of sulfonamides is 1. The molecule has 6 nitrogen and oxygen atoms in total. The zero-order valence-corrected chi connectivity index (χ0v) is 16.6. The zero-order chi connectivity index (χ0) is 17.9. The van der Waals surface area contributed by atoms with Crippen molar-refractivity contribution >= 4 is 10.0 Å². The lowest BCUT2D eigenvalue weighted by molar-refractivity contribution is 0.169. The van der Waals surface area contributed by atoms with Crippen molar-refractivity contribution in [3.63, 3.8) is 0 Å². The van der Waals surface area contributed by atoms with Gasteiger partial charge in [-0.05, 0) is 46.7 Å². The largest absolute Gasteiger partial charge is 0.303 e. The third kappa shape index (κ3) is 3.83. The van der Waals surface area contributed by atoms with Gasteiger partial charge in [0.2, 0.25) is 10.0 Å². The minimum absolute atomic E-state index is 0.392. The average molecular weight is 357 g/mol. The Hall–Kier alpha value is -0.920. The molecule has 24 heavy (non-hydrogen) atoms. The summed E-state index contributed by atoms with van der Waals surface area (Å²) in [5, 5.41) is 4.53. The van der Waals surface area contributed by atoms with E-state index in [0.717, 1.165) is 25.2 Å². The highest BCUT2D eigenvalue weighted by Gasteiger charge is 2.29. The first kappa shape index (κ1) is 19.4. The monoisotopic (exact) mass is 356 g/mol. The summed E-state index contributed by atoms with van der Waals surface area (Å²) in [7, 11) is -1.27. The summed E-state index contributed by atoms with van der Waals surface area (Å²) in [4.78, 5) is 2.81. The minimum atomic E-state index is -3.46. The first-order valence-corrected chi connectivity index (χ1v) is 10.5. The number of aromatic nitrogens is 2. The Labute approximate surface area is 146 Å². The number of piperidine rings is 1. The van der Waals surface area contributed by atoms with Crippen molar-refractivity contribution in [2.75, 3.05) is 26.7 Å². The molecule has 2 rings (SSSR count). The van der Waals surface area contributed by atoms with Crippen molar-refractivity contribution in [3.05, 3.63) is 11.4 Å². The van der Waals surface area contributed by atoms with Crippen LogP contribution in [0.1, 0.15) is 50.9 Å². The summed E-state index contributed by atoms with van der Waals surface area (Å²) in [6.45, 7) is 10.3. The fourth-order valence-electron chi connectivity index (χ4n) is 3.74. The second-order valence-electron chi connectivity index (χ2n) is 6.73. The molecule has 0 saturated carbocycles. The lowest BCUT2D eigenvalue weighted by Gasteiger charge is -2.32. The molecule has 1 saturated heterocycles. The minimum Gasteiger partial charge on any atom is -0.303 e. The predicted octanol–water partition coefficient (Wildman–Crippen LogP) is 2.40. The van der Waals surface area contributed by atoms with Gasteiger partial charge in [-0.15, -0.1) is 0 Å². The molecule has 1 aromatic heterocycles. The summed E-state index contributed by atoms with van der Waals surface area (Å²) < 4.78 is 29.1. The van der Waals surface area contributed by atoms with Gasteiger partial charge in [0.25, 0.3) is 0 Å². The van der Waals surface area contributed by atoms with E-state index in [0.29, 0.717) is 29.7 Å². The van der Waals surface area contributed by atoms with E-state index in [1.807, 2.05) is 25.5 Å². The Bertz CT molecular complexity index is 650. The van der Waals surface area contributed by atoms with Crippen LogP contribution in [0.5, 0.6) is 0 Å². The molecule has 0 N–H and O–H groups in total. The van der Waals surface area contributed by atoms with E-state index in [1.54, 1.807) is 6.92 Å². The van der Waals surface area contributed by atoms with Crippen molar-refractivity contribution < 1.29 is 8.42 Å². The number of likely N-dealkylation sites (tertiary alicyclic amines) is 1. The molecule has 0 aliphatic carbocycles. The molecule has 2 heterocycles. The van der Waals surface area contributed by atoms with E-state index in [-0.39, 0.29) is 0 Å². The molecule has 0 unspecified atom stereocenters. The number of hydrogen-bond donors (Lipinski definition) is 0. The number of aryl methyl sites for hydroxylation is 2. The van der Waals surface area contributed by atoms with Gasteiger partial charge in [0, 0.05) is 25.7 Å². The quantitative estimate of drug-likeness (QED) is 0.753. The second kappa shape index (κ2) is 7.97. The lowest BCUT2D eigenvalue weighted by atomic mass is 10.0. The molecule has 0 spiro atoms. The third-order valence-corrected chi connectivity index (χ3v) is 7.52. The van der Waals surface area contributed by atoms with Gasteiger partial charge >= 0.3 is 0 Å². The van der Waals surface area contributed by atoms with Crippen LogP contribution in [0.25, 0.3) is 0 Å². The molecule has 1 aromatic rings. The van der Waals surface area contributed by atoms with Crippen LogP contribution in [0.3, 0.4) is 0 Å². The second-order valence-corrected chi connectivity index (χ2v) is 8.61. The Balaban J connectivity index is 2.19. The van der Waals surface area contributed by atoms with Crippen molar-refractivity contribution in [2.24, 2.45) is 0 Å². The van der Waals surface area contributed by atoms with Crippen LogP contribution in [0.15, 0.2) is 4.90 Å². The fraction of sp³-hybridized carbons (Fsp3) is 0.824. The summed E-state index contributed by atoms with van der Waals surface area (Å²) in [6, 6.07) is 0.575. The molecule has 1 atom stereocenters. The van der Waals surface area contributed by atoms with E-state index in [1.165, 1.54) is 23.6 Å². The summed E-state index contributed by atoms with van der Waals surface area (Å²) in [5.41, 5.74) is 1.37. The van der Waals surface area contributed by atoms with Crippen LogP contribution in [0.4, 0.5) is 0 Å². The molecular formula is C17H32N4O2S. The molecule has 0 aromatic carbocycles. The molecule has 0 radical (unpaired) electrons. The fourth-order valence-corrected chi connectivity index (χ4v) is 5.58. The highest BCUT2D eigenvalue weighted by molar-refractivity contribution is 7.89. The molecule has 138 valence electrons. The van der Waals surface area contributed by atoms with E-state index >= 15 is 0 Å². The van der Waals surface area contributed by atoms with Gasteiger partial charge in [-0.25, -0.2) is 8.42 Å². The van der Waals surface area contributed by atoms with Crippen LogP contribution in [0, 0.1) is 13.8 Å². The maximum Gasteiger partial charge on any atom is 0.246 e. The van der Waals surface area contributed by atoms with Gasteiger partial charge in [0.15, 0.2) is 0 Å². The van der Waals surface area contributed by atoms with Gasteiger partial charge in [0.1, 0.15) is 4.90 Å². The van der Waals surface area contributed by atoms with Crippen molar-refractivity contribution in [1.82, 2.24) is 19.0 Å². The van der Waals surface area contributed by atoms with E-state index < -0.39 is 10.0 Å². The van der Waals surface area contributed by atoms with Gasteiger partial charge < -0.3 is 4.90 Å². The van der Waals surface area contributed by atoms with E-state index in [4.69, 9.17) is 0 Å². The summed E-state index contributed by atoms with van der Waals surface area (Å²) in [6.07, 6.45) is 4.80. The van der Waals surface area contributed by atoms with Crippen LogP contribution >= 0.6 is 0 Å². The molecular weight excluding hydrogens is 324 g/mol. The Morgan fingerprint density at radius 1 is 1.21 bits per heavy atom. The van der Waals surface area contributed by atoms with E-state index in [2.05, 4.69) is 17.0 Å². The molecule has 0 bridgehead atoms. The number of hydrogen-bond acceptors (Lipinski definition) is 4. The van der Waals surface area contributed by atoms with Crippen molar-refractivity contribution in [3.8, 4) is 0 Å². The maximum atomic E-state index is 12.9. The molecule has 1 aliphatic rings. The van der Waals surface area contributed by atoms with Crippen LogP contribution in [0.2, 0.25) is 0 Å². The van der Waals surface area contributed by atoms with Crippen LogP contribution in [-0.4, -0.2) is 60.1 Å². The van der Waals surface area contributed by atoms with Gasteiger partial charge in [-0.3, -0.25) is 4.68 Å². The van der Waals surface area contributed by atoms with Crippen LogP contribution < -0.4 is 0 Å². The summed E-state index contributed by atoms with van der Waals surface area (Å²) in [5.74, 6) is 0. The lowest BCUT2D eigenvalue weighted by Crippen LogP contribution is -2.37. The highest BCUT2D eigenvalue weighted by Crippen LogP contribution is 2.25. The molecule has 1 fully saturated rings. The Morgan fingerprint density at radius 3 is 2.46 bits per heavy atom. The summed E-state index contributed by atoms with van der Waals surface area (Å²) >= 11 is 0. The highest BCUT2D eigenvalue weighted by atomic mass is 32.2. The van der Waals surface area contributed by atoms with Gasteiger partial charge in [-0.2, -0.15) is 9.40 Å². The first-order valence-electron chi connectivity index (χ1n) is 9.07. The molecule has 1 aliphatic heterocycles. The Morgan fingerprint density at radius 2 is 1.88 bits per heavy atom. The predicted molar refractivity (Wildman–Crippen MR) is 96.7 cm³/mol.